The molecule has 4 rings (SSSR count). The maximum Gasteiger partial charge on any atom is 0.308 e. The second-order valence-corrected chi connectivity index (χ2v) is 9.76. The fraction of sp³-hybridized carbons (Fsp3) is 0.250. The third-order valence-corrected chi connectivity index (χ3v) is 7.39. The van der Waals surface area contributed by atoms with E-state index in [-0.39, 0.29) is 22.5 Å². The van der Waals surface area contributed by atoms with Crippen molar-refractivity contribution in [3.05, 3.63) is 54.1 Å². The lowest BCUT2D eigenvalue weighted by Crippen LogP contribution is -2.42. The van der Waals surface area contributed by atoms with Crippen LogP contribution in [0.2, 0.25) is 0 Å². The van der Waals surface area contributed by atoms with Gasteiger partial charge < -0.3 is 10.0 Å². The van der Waals surface area contributed by atoms with Crippen LogP contribution in [0.15, 0.2) is 53.4 Å². The number of anilines is 1. The van der Waals surface area contributed by atoms with Gasteiger partial charge in [-0.1, -0.05) is 29.5 Å². The number of carboxylic acid groups (broad SMARTS) is 1. The van der Waals surface area contributed by atoms with E-state index in [2.05, 4.69) is 9.71 Å². The molecule has 2 N–H and O–H groups in total. The van der Waals surface area contributed by atoms with Crippen molar-refractivity contribution < 1.29 is 23.1 Å². The Labute approximate surface area is 177 Å². The van der Waals surface area contributed by atoms with Crippen molar-refractivity contribution in [3.8, 4) is 0 Å². The number of rotatable bonds is 5. The molecule has 2 heterocycles. The number of carbonyl (C=O) groups is 2. The number of benzene rings is 2. The number of hydrogen-bond acceptors (Lipinski definition) is 6. The number of carboxylic acids is 1. The first kappa shape index (κ1) is 20.3. The first-order valence-corrected chi connectivity index (χ1v) is 11.6. The summed E-state index contributed by atoms with van der Waals surface area (Å²) in [5, 5.41) is 9.44. The van der Waals surface area contributed by atoms with Gasteiger partial charge in [-0.25, -0.2) is 13.4 Å². The van der Waals surface area contributed by atoms with Crippen LogP contribution >= 0.6 is 11.3 Å². The molecule has 1 aliphatic heterocycles. The molecule has 30 heavy (non-hydrogen) atoms. The molecule has 0 aliphatic carbocycles. The van der Waals surface area contributed by atoms with Gasteiger partial charge >= 0.3 is 5.97 Å². The van der Waals surface area contributed by atoms with E-state index in [4.69, 9.17) is 0 Å². The Balaban J connectivity index is 1.55. The van der Waals surface area contributed by atoms with Crippen molar-refractivity contribution in [2.75, 3.05) is 17.8 Å². The van der Waals surface area contributed by atoms with Gasteiger partial charge in [0.1, 0.15) is 0 Å². The number of sulfonamides is 1. The van der Waals surface area contributed by atoms with E-state index in [9.17, 15) is 23.1 Å². The lowest BCUT2D eigenvalue weighted by Gasteiger charge is -2.30. The summed E-state index contributed by atoms with van der Waals surface area (Å²) in [6, 6.07) is 13.0. The fourth-order valence-corrected chi connectivity index (χ4v) is 5.58. The largest absolute Gasteiger partial charge is 0.481 e. The van der Waals surface area contributed by atoms with Crippen LogP contribution < -0.4 is 4.72 Å². The summed E-state index contributed by atoms with van der Waals surface area (Å²) in [4.78, 5) is 30.1. The molecule has 10 heteroatoms. The Morgan fingerprint density at radius 1 is 1.17 bits per heavy atom. The minimum Gasteiger partial charge on any atom is -0.481 e. The van der Waals surface area contributed by atoms with Gasteiger partial charge in [-0.05, 0) is 43.2 Å². The molecule has 2 aromatic carbocycles. The SMILES string of the molecule is O=C(O)[C@@H]1CCCN(C(=O)c2ccc3nc(NS(=O)(=O)c4ccccc4)sc3c2)C1. The van der Waals surface area contributed by atoms with Gasteiger partial charge in [0.05, 0.1) is 21.0 Å². The number of hydrogen-bond donors (Lipinski definition) is 2. The van der Waals surface area contributed by atoms with Crippen molar-refractivity contribution in [1.82, 2.24) is 9.88 Å². The zero-order valence-electron chi connectivity index (χ0n) is 15.8. The van der Waals surface area contributed by atoms with Crippen LogP contribution in [0.3, 0.4) is 0 Å². The van der Waals surface area contributed by atoms with E-state index in [0.717, 1.165) is 11.3 Å². The molecule has 0 radical (unpaired) electrons. The molecule has 1 aliphatic rings. The Kier molecular flexibility index (Phi) is 5.44. The lowest BCUT2D eigenvalue weighted by molar-refractivity contribution is -0.143. The van der Waals surface area contributed by atoms with Crippen LogP contribution in [0, 0.1) is 5.92 Å². The topological polar surface area (TPSA) is 117 Å². The van der Waals surface area contributed by atoms with E-state index >= 15 is 0 Å². The van der Waals surface area contributed by atoms with Crippen LogP contribution in [-0.2, 0) is 14.8 Å². The van der Waals surface area contributed by atoms with Gasteiger partial charge in [-0.3, -0.25) is 14.3 Å². The zero-order chi connectivity index (χ0) is 21.3. The molecule has 1 atom stereocenters. The van der Waals surface area contributed by atoms with Crippen LogP contribution in [0.25, 0.3) is 10.2 Å². The van der Waals surface area contributed by atoms with Crippen molar-refractivity contribution in [1.29, 1.82) is 0 Å². The predicted octanol–water partition coefficient (Wildman–Crippen LogP) is 3.03. The number of nitrogens with zero attached hydrogens (tertiary/aromatic N) is 2. The summed E-state index contributed by atoms with van der Waals surface area (Å²) < 4.78 is 28.1. The highest BCUT2D eigenvalue weighted by Crippen LogP contribution is 2.29. The maximum absolute atomic E-state index is 12.8. The summed E-state index contributed by atoms with van der Waals surface area (Å²) in [6.07, 6.45) is 1.22. The monoisotopic (exact) mass is 445 g/mol. The Bertz CT molecular complexity index is 1210. The Morgan fingerprint density at radius 2 is 1.93 bits per heavy atom. The molecule has 0 spiro atoms. The average molecular weight is 446 g/mol. The Hall–Kier alpha value is -2.98. The number of carbonyl (C=O) groups excluding carboxylic acids is 1. The van der Waals surface area contributed by atoms with Crippen LogP contribution in [0.4, 0.5) is 5.13 Å². The van der Waals surface area contributed by atoms with Crippen molar-refractivity contribution in [2.45, 2.75) is 17.7 Å². The maximum atomic E-state index is 12.8. The number of aliphatic carboxylic acids is 1. The van der Waals surface area contributed by atoms with E-state index in [1.54, 1.807) is 41.3 Å². The third-order valence-electron chi connectivity index (χ3n) is 4.97. The number of likely N-dealkylation sites (tertiary alicyclic amines) is 1. The second kappa shape index (κ2) is 8.04. The predicted molar refractivity (Wildman–Crippen MR) is 113 cm³/mol. The molecular weight excluding hydrogens is 426 g/mol. The molecule has 1 fully saturated rings. The summed E-state index contributed by atoms with van der Waals surface area (Å²) in [5.41, 5.74) is 0.999. The van der Waals surface area contributed by atoms with E-state index < -0.39 is 21.9 Å². The number of fused-ring (bicyclic) bond motifs is 1. The lowest BCUT2D eigenvalue weighted by atomic mass is 9.97. The second-order valence-electron chi connectivity index (χ2n) is 7.05. The normalized spacial score (nSPS) is 17.1. The molecular formula is C20H19N3O5S2. The highest BCUT2D eigenvalue weighted by atomic mass is 32.2. The fourth-order valence-electron chi connectivity index (χ4n) is 3.42. The standard InChI is InChI=1S/C20H19N3O5S2/c24-18(23-10-4-5-14(12-23)19(25)26)13-8-9-16-17(11-13)29-20(21-16)22-30(27,28)15-6-2-1-3-7-15/h1-3,6-9,11,14H,4-5,10,12H2,(H,21,22)(H,25,26)/t14-/m1/s1. The molecule has 3 aromatic rings. The zero-order valence-corrected chi connectivity index (χ0v) is 17.4. The van der Waals surface area contributed by atoms with E-state index in [1.165, 1.54) is 12.1 Å². The number of amides is 1. The first-order chi connectivity index (χ1) is 14.3. The van der Waals surface area contributed by atoms with Gasteiger partial charge in [0.2, 0.25) is 0 Å². The molecule has 0 unspecified atom stereocenters. The number of piperidine rings is 1. The van der Waals surface area contributed by atoms with Crippen LogP contribution in [0.5, 0.6) is 0 Å². The van der Waals surface area contributed by atoms with Crippen LogP contribution in [0.1, 0.15) is 23.2 Å². The minimum absolute atomic E-state index is 0.137. The first-order valence-electron chi connectivity index (χ1n) is 9.34. The highest BCUT2D eigenvalue weighted by molar-refractivity contribution is 7.93. The summed E-state index contributed by atoms with van der Waals surface area (Å²) in [5.74, 6) is -1.67. The third kappa shape index (κ3) is 4.14. The van der Waals surface area contributed by atoms with E-state index in [0.29, 0.717) is 35.2 Å². The van der Waals surface area contributed by atoms with Crippen molar-refractivity contribution >= 4 is 48.6 Å². The van der Waals surface area contributed by atoms with Gasteiger partial charge in [-0.15, -0.1) is 0 Å². The molecule has 8 nitrogen and oxygen atoms in total. The smallest absolute Gasteiger partial charge is 0.308 e. The van der Waals surface area contributed by atoms with Gasteiger partial charge in [0, 0.05) is 18.7 Å². The van der Waals surface area contributed by atoms with Crippen molar-refractivity contribution in [2.24, 2.45) is 5.92 Å². The molecule has 1 aromatic heterocycles. The summed E-state index contributed by atoms with van der Waals surface area (Å²) >= 11 is 1.14. The summed E-state index contributed by atoms with van der Waals surface area (Å²) in [6.45, 7) is 0.711. The average Bonchev–Trinajstić information content (AvgIpc) is 3.14. The molecule has 156 valence electrons. The van der Waals surface area contributed by atoms with Gasteiger partial charge in [0.15, 0.2) is 5.13 Å². The van der Waals surface area contributed by atoms with Crippen LogP contribution in [-0.4, -0.2) is 48.4 Å². The number of thiazole rings is 1. The molecule has 0 bridgehead atoms. The minimum atomic E-state index is -3.75. The quantitative estimate of drug-likeness (QED) is 0.623. The van der Waals surface area contributed by atoms with Gasteiger partial charge in [0.25, 0.3) is 15.9 Å². The van der Waals surface area contributed by atoms with Gasteiger partial charge in [-0.2, -0.15) is 0 Å². The number of aromatic nitrogens is 1. The van der Waals surface area contributed by atoms with Crippen molar-refractivity contribution in [3.63, 3.8) is 0 Å². The number of nitrogens with one attached hydrogen (secondary N) is 1. The molecule has 1 saturated heterocycles. The Morgan fingerprint density at radius 3 is 2.67 bits per heavy atom. The summed E-state index contributed by atoms with van der Waals surface area (Å²) in [7, 11) is -3.75. The van der Waals surface area contributed by atoms with E-state index in [1.807, 2.05) is 0 Å². The molecule has 0 saturated carbocycles. The highest BCUT2D eigenvalue weighted by Gasteiger charge is 2.29. The molecule has 1 amide bonds.